The first-order valence-corrected chi connectivity index (χ1v) is 5.11. The first kappa shape index (κ1) is 10.0. The zero-order valence-electron chi connectivity index (χ0n) is 8.47. The lowest BCUT2D eigenvalue weighted by atomic mass is 10.2. The van der Waals surface area contributed by atoms with E-state index in [2.05, 4.69) is 26.1 Å². The van der Waals surface area contributed by atoms with Gasteiger partial charge in [0, 0.05) is 18.7 Å². The van der Waals surface area contributed by atoms with Crippen molar-refractivity contribution in [2.75, 3.05) is 6.61 Å². The Balaban J connectivity index is 2.30. The third-order valence-corrected chi connectivity index (χ3v) is 2.38. The van der Waals surface area contributed by atoms with Crippen LogP contribution in [-0.4, -0.2) is 24.8 Å². The van der Waals surface area contributed by atoms with Crippen molar-refractivity contribution < 1.29 is 4.74 Å². The average molecular weight is 171 g/mol. The second-order valence-electron chi connectivity index (χ2n) is 3.85. The Bertz CT molecular complexity index is 125. The average Bonchev–Trinajstić information content (AvgIpc) is 2.37. The molecular formula is C10H21NO. The van der Waals surface area contributed by atoms with Crippen LogP contribution < -0.4 is 5.32 Å². The van der Waals surface area contributed by atoms with Gasteiger partial charge in [0.25, 0.3) is 0 Å². The largest absolute Gasteiger partial charge is 0.377 e. The summed E-state index contributed by atoms with van der Waals surface area (Å²) in [4.78, 5) is 0. The van der Waals surface area contributed by atoms with Gasteiger partial charge < -0.3 is 10.1 Å². The molecular weight excluding hydrogens is 150 g/mol. The van der Waals surface area contributed by atoms with Crippen molar-refractivity contribution >= 4 is 0 Å². The van der Waals surface area contributed by atoms with Crippen LogP contribution in [0.4, 0.5) is 0 Å². The zero-order chi connectivity index (χ0) is 8.97. The van der Waals surface area contributed by atoms with Crippen LogP contribution in [0, 0.1) is 0 Å². The van der Waals surface area contributed by atoms with Gasteiger partial charge in [-0.05, 0) is 26.2 Å². The van der Waals surface area contributed by atoms with Crippen molar-refractivity contribution in [3.63, 3.8) is 0 Å². The van der Waals surface area contributed by atoms with Crippen LogP contribution in [-0.2, 0) is 4.74 Å². The molecule has 0 bridgehead atoms. The highest BCUT2D eigenvalue weighted by molar-refractivity contribution is 4.84. The van der Waals surface area contributed by atoms with Crippen molar-refractivity contribution in [1.82, 2.24) is 5.32 Å². The van der Waals surface area contributed by atoms with Gasteiger partial charge in [-0.25, -0.2) is 0 Å². The summed E-state index contributed by atoms with van der Waals surface area (Å²) in [6.07, 6.45) is 4.30. The molecule has 1 rings (SSSR count). The van der Waals surface area contributed by atoms with Crippen LogP contribution >= 0.6 is 0 Å². The van der Waals surface area contributed by atoms with E-state index in [0.717, 1.165) is 6.61 Å². The molecule has 0 heterocycles. The van der Waals surface area contributed by atoms with Gasteiger partial charge >= 0.3 is 0 Å². The third kappa shape index (κ3) is 2.76. The second kappa shape index (κ2) is 4.83. The van der Waals surface area contributed by atoms with Gasteiger partial charge in [0.05, 0.1) is 6.10 Å². The standard InChI is InChI=1S/C10H21NO/c1-4-12-10-7-5-6-9(10)11-8(2)3/h8-11H,4-7H2,1-3H3/t9-,10-/m1/s1. The molecule has 0 aromatic rings. The van der Waals surface area contributed by atoms with E-state index in [1.807, 2.05) is 0 Å². The van der Waals surface area contributed by atoms with Crippen molar-refractivity contribution in [3.8, 4) is 0 Å². The molecule has 0 aliphatic heterocycles. The molecule has 1 saturated carbocycles. The Morgan fingerprint density at radius 1 is 1.42 bits per heavy atom. The molecule has 2 nitrogen and oxygen atoms in total. The lowest BCUT2D eigenvalue weighted by Crippen LogP contribution is -2.41. The summed E-state index contributed by atoms with van der Waals surface area (Å²) >= 11 is 0. The number of rotatable bonds is 4. The van der Waals surface area contributed by atoms with Crippen molar-refractivity contribution in [2.24, 2.45) is 0 Å². The predicted molar refractivity (Wildman–Crippen MR) is 51.3 cm³/mol. The molecule has 0 aromatic carbocycles. The number of ether oxygens (including phenoxy) is 1. The third-order valence-electron chi connectivity index (χ3n) is 2.38. The minimum Gasteiger partial charge on any atom is -0.377 e. The summed E-state index contributed by atoms with van der Waals surface area (Å²) in [5.41, 5.74) is 0. The minimum atomic E-state index is 0.470. The Labute approximate surface area is 75.7 Å². The van der Waals surface area contributed by atoms with E-state index >= 15 is 0 Å². The molecule has 72 valence electrons. The molecule has 2 atom stereocenters. The summed E-state index contributed by atoms with van der Waals surface area (Å²) in [6.45, 7) is 7.31. The zero-order valence-corrected chi connectivity index (χ0v) is 8.47. The second-order valence-corrected chi connectivity index (χ2v) is 3.85. The summed E-state index contributed by atoms with van der Waals surface area (Å²) in [6, 6.07) is 1.18. The van der Waals surface area contributed by atoms with Gasteiger partial charge in [-0.3, -0.25) is 0 Å². The van der Waals surface area contributed by atoms with Crippen molar-refractivity contribution in [3.05, 3.63) is 0 Å². The van der Waals surface area contributed by atoms with E-state index in [0.29, 0.717) is 18.2 Å². The summed E-state index contributed by atoms with van der Waals surface area (Å²) in [5.74, 6) is 0. The van der Waals surface area contributed by atoms with Crippen molar-refractivity contribution in [1.29, 1.82) is 0 Å². The van der Waals surface area contributed by atoms with Crippen LogP contribution in [0.1, 0.15) is 40.0 Å². The fraction of sp³-hybridized carbons (Fsp3) is 1.00. The normalized spacial score (nSPS) is 30.0. The molecule has 0 spiro atoms. The van der Waals surface area contributed by atoms with E-state index in [-0.39, 0.29) is 0 Å². The lowest BCUT2D eigenvalue weighted by molar-refractivity contribution is 0.0469. The van der Waals surface area contributed by atoms with Crippen LogP contribution in [0.2, 0.25) is 0 Å². The number of nitrogens with one attached hydrogen (secondary N) is 1. The summed E-state index contributed by atoms with van der Waals surface area (Å²) < 4.78 is 5.65. The predicted octanol–water partition coefficient (Wildman–Crippen LogP) is 1.94. The maximum atomic E-state index is 5.65. The van der Waals surface area contributed by atoms with Crippen LogP contribution in [0.5, 0.6) is 0 Å². The lowest BCUT2D eigenvalue weighted by Gasteiger charge is -2.22. The number of hydrogen-bond donors (Lipinski definition) is 1. The Morgan fingerprint density at radius 2 is 2.17 bits per heavy atom. The van der Waals surface area contributed by atoms with Gasteiger partial charge in [0.1, 0.15) is 0 Å². The summed E-state index contributed by atoms with van der Waals surface area (Å²) in [7, 11) is 0. The Kier molecular flexibility index (Phi) is 4.02. The maximum Gasteiger partial charge on any atom is 0.0727 e. The SMILES string of the molecule is CCO[C@@H]1CCC[C@H]1NC(C)C. The molecule has 1 aliphatic carbocycles. The maximum absolute atomic E-state index is 5.65. The van der Waals surface area contributed by atoms with Crippen LogP contribution in [0.15, 0.2) is 0 Å². The van der Waals surface area contributed by atoms with Gasteiger partial charge in [0.15, 0.2) is 0 Å². The van der Waals surface area contributed by atoms with E-state index < -0.39 is 0 Å². The quantitative estimate of drug-likeness (QED) is 0.698. The number of hydrogen-bond acceptors (Lipinski definition) is 2. The van der Waals surface area contributed by atoms with Crippen molar-refractivity contribution in [2.45, 2.75) is 58.2 Å². The fourth-order valence-corrected chi connectivity index (χ4v) is 1.96. The molecule has 12 heavy (non-hydrogen) atoms. The highest BCUT2D eigenvalue weighted by Gasteiger charge is 2.27. The monoisotopic (exact) mass is 171 g/mol. The van der Waals surface area contributed by atoms with E-state index in [1.54, 1.807) is 0 Å². The molecule has 1 N–H and O–H groups in total. The van der Waals surface area contributed by atoms with Gasteiger partial charge in [-0.1, -0.05) is 13.8 Å². The first-order chi connectivity index (χ1) is 5.74. The molecule has 0 amide bonds. The van der Waals surface area contributed by atoms with Gasteiger partial charge in [-0.2, -0.15) is 0 Å². The molecule has 0 unspecified atom stereocenters. The first-order valence-electron chi connectivity index (χ1n) is 5.11. The van der Waals surface area contributed by atoms with Gasteiger partial charge in [-0.15, -0.1) is 0 Å². The molecule has 1 aliphatic rings. The smallest absolute Gasteiger partial charge is 0.0727 e. The molecule has 0 saturated heterocycles. The van der Waals surface area contributed by atoms with E-state index in [1.165, 1.54) is 19.3 Å². The fourth-order valence-electron chi connectivity index (χ4n) is 1.96. The van der Waals surface area contributed by atoms with E-state index in [9.17, 15) is 0 Å². The Hall–Kier alpha value is -0.0800. The van der Waals surface area contributed by atoms with Crippen LogP contribution in [0.25, 0.3) is 0 Å². The minimum absolute atomic E-state index is 0.470. The molecule has 1 fully saturated rings. The van der Waals surface area contributed by atoms with Crippen LogP contribution in [0.3, 0.4) is 0 Å². The van der Waals surface area contributed by atoms with E-state index in [4.69, 9.17) is 4.74 Å². The Morgan fingerprint density at radius 3 is 2.75 bits per heavy atom. The molecule has 0 aromatic heterocycles. The summed E-state index contributed by atoms with van der Waals surface area (Å²) in [5, 5.41) is 3.55. The molecule has 2 heteroatoms. The van der Waals surface area contributed by atoms with Gasteiger partial charge in [0.2, 0.25) is 0 Å². The highest BCUT2D eigenvalue weighted by atomic mass is 16.5. The highest BCUT2D eigenvalue weighted by Crippen LogP contribution is 2.22. The topological polar surface area (TPSA) is 21.3 Å². The molecule has 0 radical (unpaired) electrons.